The summed E-state index contributed by atoms with van der Waals surface area (Å²) in [5, 5.41) is 14.8. The fourth-order valence-electron chi connectivity index (χ4n) is 3.67. The predicted octanol–water partition coefficient (Wildman–Crippen LogP) is 3.05. The van der Waals surface area contributed by atoms with Crippen LogP contribution in [0.2, 0.25) is 0 Å². The fraction of sp³-hybridized carbons (Fsp3) is 0.650. The van der Waals surface area contributed by atoms with Crippen molar-refractivity contribution in [1.29, 1.82) is 0 Å². The van der Waals surface area contributed by atoms with Gasteiger partial charge in [-0.2, -0.15) is 5.10 Å². The summed E-state index contributed by atoms with van der Waals surface area (Å²) in [4.78, 5) is 11.6. The minimum absolute atomic E-state index is 0. The Morgan fingerprint density at radius 1 is 1.31 bits per heavy atom. The van der Waals surface area contributed by atoms with E-state index in [-0.39, 0.29) is 30.0 Å². The molecule has 0 amide bonds. The molecule has 3 heterocycles. The Hall–Kier alpha value is -1.36. The second kappa shape index (κ2) is 11.1. The fourth-order valence-corrected chi connectivity index (χ4v) is 4.59. The normalized spacial score (nSPS) is 15.3. The second-order valence-electron chi connectivity index (χ2n) is 7.59. The molecule has 3 rings (SSSR count). The number of guanidine groups is 1. The van der Waals surface area contributed by atoms with Crippen LogP contribution in [-0.4, -0.2) is 53.4 Å². The Bertz CT molecular complexity index is 808. The molecular formula is C20H34IN7S. The number of halogens is 1. The summed E-state index contributed by atoms with van der Waals surface area (Å²) >= 11 is 1.76. The lowest BCUT2D eigenvalue weighted by atomic mass is 10.1. The summed E-state index contributed by atoms with van der Waals surface area (Å²) in [6.07, 6.45) is 4.40. The quantitative estimate of drug-likeness (QED) is 0.327. The number of hydrogen-bond donors (Lipinski definition) is 2. The Labute approximate surface area is 195 Å². The van der Waals surface area contributed by atoms with Crippen molar-refractivity contribution in [2.45, 2.75) is 52.5 Å². The number of nitrogens with one attached hydrogen (secondary N) is 2. The van der Waals surface area contributed by atoms with E-state index in [0.717, 1.165) is 49.8 Å². The van der Waals surface area contributed by atoms with E-state index in [4.69, 9.17) is 4.98 Å². The van der Waals surface area contributed by atoms with Gasteiger partial charge in [0, 0.05) is 57.3 Å². The summed E-state index contributed by atoms with van der Waals surface area (Å²) < 4.78 is 1.95. The van der Waals surface area contributed by atoms with Crippen LogP contribution in [0.4, 0.5) is 5.13 Å². The van der Waals surface area contributed by atoms with Crippen LogP contribution in [0.1, 0.15) is 42.4 Å². The molecule has 2 aromatic heterocycles. The minimum atomic E-state index is 0. The zero-order valence-electron chi connectivity index (χ0n) is 18.2. The monoisotopic (exact) mass is 531 g/mol. The zero-order valence-corrected chi connectivity index (χ0v) is 21.3. The maximum absolute atomic E-state index is 4.79. The van der Waals surface area contributed by atoms with Crippen molar-refractivity contribution in [2.24, 2.45) is 12.0 Å². The van der Waals surface area contributed by atoms with Gasteiger partial charge in [0.25, 0.3) is 0 Å². The van der Waals surface area contributed by atoms with Crippen molar-refractivity contribution in [2.75, 3.05) is 31.6 Å². The van der Waals surface area contributed by atoms with E-state index in [1.54, 1.807) is 11.3 Å². The van der Waals surface area contributed by atoms with E-state index in [9.17, 15) is 0 Å². The summed E-state index contributed by atoms with van der Waals surface area (Å²) in [6, 6.07) is 0.272. The molecule has 0 radical (unpaired) electrons. The van der Waals surface area contributed by atoms with Crippen molar-refractivity contribution in [3.63, 3.8) is 0 Å². The number of rotatable bonds is 7. The highest BCUT2D eigenvalue weighted by atomic mass is 127. The second-order valence-corrected chi connectivity index (χ2v) is 8.42. The highest BCUT2D eigenvalue weighted by Crippen LogP contribution is 2.24. The molecule has 1 unspecified atom stereocenters. The van der Waals surface area contributed by atoms with Gasteiger partial charge >= 0.3 is 0 Å². The molecule has 1 aliphatic rings. The van der Waals surface area contributed by atoms with Gasteiger partial charge in [-0.05, 0) is 45.6 Å². The smallest absolute Gasteiger partial charge is 0.191 e. The molecule has 2 aromatic rings. The van der Waals surface area contributed by atoms with Crippen molar-refractivity contribution in [1.82, 2.24) is 25.4 Å². The first-order valence-electron chi connectivity index (χ1n) is 10.1. The molecular weight excluding hydrogens is 497 g/mol. The van der Waals surface area contributed by atoms with Gasteiger partial charge in [0.15, 0.2) is 11.1 Å². The highest BCUT2D eigenvalue weighted by molar-refractivity contribution is 14.0. The summed E-state index contributed by atoms with van der Waals surface area (Å²) in [5.41, 5.74) is 4.81. The van der Waals surface area contributed by atoms with Crippen LogP contribution >= 0.6 is 35.3 Å². The third kappa shape index (κ3) is 6.31. The molecule has 1 aliphatic heterocycles. The van der Waals surface area contributed by atoms with E-state index in [2.05, 4.69) is 51.8 Å². The van der Waals surface area contributed by atoms with E-state index in [0.29, 0.717) is 0 Å². The molecule has 162 valence electrons. The van der Waals surface area contributed by atoms with Gasteiger partial charge < -0.3 is 15.5 Å². The van der Waals surface area contributed by atoms with Crippen molar-refractivity contribution < 1.29 is 0 Å². The third-order valence-electron chi connectivity index (χ3n) is 5.37. The van der Waals surface area contributed by atoms with Gasteiger partial charge in [-0.1, -0.05) is 0 Å². The SMILES string of the molecule is CN=C(NCCc1csc(N2CCCC2)n1)NC(C)Cc1c(C)nn(C)c1C.I. The molecule has 29 heavy (non-hydrogen) atoms. The zero-order chi connectivity index (χ0) is 20.1. The Balaban J connectivity index is 0.00000300. The molecule has 1 saturated heterocycles. The molecule has 2 N–H and O–H groups in total. The number of aromatic nitrogens is 3. The predicted molar refractivity (Wildman–Crippen MR) is 133 cm³/mol. The van der Waals surface area contributed by atoms with E-state index >= 15 is 0 Å². The molecule has 9 heteroatoms. The number of nitrogens with zero attached hydrogens (tertiary/aromatic N) is 5. The van der Waals surface area contributed by atoms with Gasteiger partial charge in [0.1, 0.15) is 0 Å². The number of anilines is 1. The summed E-state index contributed by atoms with van der Waals surface area (Å²) in [5.74, 6) is 0.835. The number of aliphatic imine (C=N–C) groups is 1. The van der Waals surface area contributed by atoms with E-state index in [1.165, 1.54) is 29.2 Å². The molecule has 7 nitrogen and oxygen atoms in total. The first-order chi connectivity index (χ1) is 13.5. The van der Waals surface area contributed by atoms with Gasteiger partial charge in [-0.15, -0.1) is 35.3 Å². The highest BCUT2D eigenvalue weighted by Gasteiger charge is 2.16. The van der Waals surface area contributed by atoms with Crippen LogP contribution in [0.5, 0.6) is 0 Å². The van der Waals surface area contributed by atoms with Crippen LogP contribution < -0.4 is 15.5 Å². The largest absolute Gasteiger partial charge is 0.356 e. The van der Waals surface area contributed by atoms with Crippen LogP contribution in [0.15, 0.2) is 10.4 Å². The number of thiazole rings is 1. The molecule has 0 aromatic carbocycles. The Morgan fingerprint density at radius 2 is 2.03 bits per heavy atom. The van der Waals surface area contributed by atoms with Crippen molar-refractivity contribution >= 4 is 46.4 Å². The van der Waals surface area contributed by atoms with Crippen LogP contribution in [0.3, 0.4) is 0 Å². The van der Waals surface area contributed by atoms with E-state index < -0.39 is 0 Å². The molecule has 0 aliphatic carbocycles. The topological polar surface area (TPSA) is 70.4 Å². The third-order valence-corrected chi connectivity index (χ3v) is 6.32. The standard InChI is InChI=1S/C20H33N7S.HI/c1-14(12-18-15(2)25-26(5)16(18)3)23-19(21-4)22-9-8-17-13-28-20(24-17)27-10-6-7-11-27;/h13-14H,6-12H2,1-5H3,(H2,21,22,23);1H. The van der Waals surface area contributed by atoms with E-state index in [1.807, 2.05) is 18.8 Å². The lowest BCUT2D eigenvalue weighted by Gasteiger charge is -2.18. The lowest BCUT2D eigenvalue weighted by Crippen LogP contribution is -2.43. The van der Waals surface area contributed by atoms with Gasteiger partial charge in [0.05, 0.1) is 11.4 Å². The maximum atomic E-state index is 4.79. The van der Waals surface area contributed by atoms with Gasteiger partial charge in [-0.25, -0.2) is 4.98 Å². The molecule has 1 atom stereocenters. The van der Waals surface area contributed by atoms with Crippen molar-refractivity contribution in [3.8, 4) is 0 Å². The average molecular weight is 532 g/mol. The number of aryl methyl sites for hydroxylation is 2. The lowest BCUT2D eigenvalue weighted by molar-refractivity contribution is 0.634. The first kappa shape index (κ1) is 23.9. The van der Waals surface area contributed by atoms with Crippen molar-refractivity contribution in [3.05, 3.63) is 28.0 Å². The average Bonchev–Trinajstić information content (AvgIpc) is 3.39. The Morgan fingerprint density at radius 3 is 2.66 bits per heavy atom. The first-order valence-corrected chi connectivity index (χ1v) is 11.0. The number of hydrogen-bond acceptors (Lipinski definition) is 5. The summed E-state index contributed by atoms with van der Waals surface area (Å²) in [7, 11) is 3.81. The molecule has 0 bridgehead atoms. The molecule has 0 saturated carbocycles. The summed E-state index contributed by atoms with van der Waals surface area (Å²) in [6.45, 7) is 9.50. The van der Waals surface area contributed by atoms with Crippen LogP contribution in [0, 0.1) is 13.8 Å². The van der Waals surface area contributed by atoms with Gasteiger partial charge in [-0.3, -0.25) is 9.67 Å². The van der Waals surface area contributed by atoms with Crippen LogP contribution in [0.25, 0.3) is 0 Å². The van der Waals surface area contributed by atoms with Crippen LogP contribution in [-0.2, 0) is 19.9 Å². The minimum Gasteiger partial charge on any atom is -0.356 e. The molecule has 0 spiro atoms. The van der Waals surface area contributed by atoms with Gasteiger partial charge in [0.2, 0.25) is 0 Å². The Kier molecular flexibility index (Phi) is 9.19. The maximum Gasteiger partial charge on any atom is 0.191 e. The molecule has 1 fully saturated rings.